The number of aliphatic hydroxyl groups is 1. The summed E-state index contributed by atoms with van der Waals surface area (Å²) in [6, 6.07) is 10.6. The fourth-order valence-corrected chi connectivity index (χ4v) is 2.57. The standard InChI is InChI=1S/C15H18N2O3S/c1-20-12-5-2-4-11(10-12)17-15(19)16-8-7-13(18)14-6-3-9-21-14/h2-6,9-10,13,18H,7-8H2,1H3,(H2,16,17,19). The second-order valence-electron chi connectivity index (χ2n) is 4.43. The highest BCUT2D eigenvalue weighted by Gasteiger charge is 2.09. The summed E-state index contributed by atoms with van der Waals surface area (Å²) >= 11 is 1.50. The van der Waals surface area contributed by atoms with E-state index in [0.717, 1.165) is 4.88 Å². The zero-order valence-corrected chi connectivity index (χ0v) is 12.5. The molecule has 2 amide bonds. The molecule has 0 saturated carbocycles. The maximum Gasteiger partial charge on any atom is 0.319 e. The summed E-state index contributed by atoms with van der Waals surface area (Å²) in [7, 11) is 1.57. The molecule has 0 fully saturated rings. The number of nitrogens with one attached hydrogen (secondary N) is 2. The lowest BCUT2D eigenvalue weighted by atomic mass is 10.2. The summed E-state index contributed by atoms with van der Waals surface area (Å²) in [4.78, 5) is 12.6. The molecule has 2 aromatic rings. The van der Waals surface area contributed by atoms with E-state index in [1.54, 1.807) is 31.4 Å². The number of anilines is 1. The fraction of sp³-hybridized carbons (Fsp3) is 0.267. The average molecular weight is 306 g/mol. The Bertz CT molecular complexity index is 572. The highest BCUT2D eigenvalue weighted by Crippen LogP contribution is 2.21. The summed E-state index contributed by atoms with van der Waals surface area (Å²) in [6.45, 7) is 0.398. The van der Waals surface area contributed by atoms with E-state index >= 15 is 0 Å². The normalized spacial score (nSPS) is 11.7. The van der Waals surface area contributed by atoms with Crippen LogP contribution in [-0.4, -0.2) is 24.8 Å². The summed E-state index contributed by atoms with van der Waals surface area (Å²) in [5.41, 5.74) is 0.658. The highest BCUT2D eigenvalue weighted by molar-refractivity contribution is 7.10. The van der Waals surface area contributed by atoms with E-state index in [4.69, 9.17) is 4.74 Å². The predicted octanol–water partition coefficient (Wildman–Crippen LogP) is 3.00. The first-order valence-corrected chi connectivity index (χ1v) is 7.47. The van der Waals surface area contributed by atoms with Gasteiger partial charge in [-0.3, -0.25) is 0 Å². The van der Waals surface area contributed by atoms with Crippen LogP contribution in [0.1, 0.15) is 17.4 Å². The van der Waals surface area contributed by atoms with Crippen molar-refractivity contribution < 1.29 is 14.6 Å². The van der Waals surface area contributed by atoms with E-state index in [0.29, 0.717) is 24.4 Å². The topological polar surface area (TPSA) is 70.6 Å². The fourth-order valence-electron chi connectivity index (χ4n) is 1.82. The quantitative estimate of drug-likeness (QED) is 0.768. The Hall–Kier alpha value is -2.05. The van der Waals surface area contributed by atoms with Crippen molar-refractivity contribution in [2.24, 2.45) is 0 Å². The van der Waals surface area contributed by atoms with E-state index in [1.165, 1.54) is 11.3 Å². The molecule has 0 radical (unpaired) electrons. The second-order valence-corrected chi connectivity index (χ2v) is 5.41. The van der Waals surface area contributed by atoms with Crippen LogP contribution in [-0.2, 0) is 0 Å². The Morgan fingerprint density at radius 2 is 2.24 bits per heavy atom. The SMILES string of the molecule is COc1cccc(NC(=O)NCCC(O)c2cccs2)c1. The van der Waals surface area contributed by atoms with Gasteiger partial charge >= 0.3 is 6.03 Å². The summed E-state index contributed by atoms with van der Waals surface area (Å²) in [5.74, 6) is 0.681. The van der Waals surface area contributed by atoms with Gasteiger partial charge in [-0.2, -0.15) is 0 Å². The van der Waals surface area contributed by atoms with Crippen LogP contribution < -0.4 is 15.4 Å². The smallest absolute Gasteiger partial charge is 0.319 e. The van der Waals surface area contributed by atoms with Crippen molar-refractivity contribution in [3.63, 3.8) is 0 Å². The number of aliphatic hydroxyl groups excluding tert-OH is 1. The molecule has 0 aliphatic heterocycles. The zero-order valence-electron chi connectivity index (χ0n) is 11.7. The minimum absolute atomic E-state index is 0.304. The highest BCUT2D eigenvalue weighted by atomic mass is 32.1. The van der Waals surface area contributed by atoms with Crippen molar-refractivity contribution in [1.29, 1.82) is 0 Å². The molecule has 0 saturated heterocycles. The predicted molar refractivity (Wildman–Crippen MR) is 83.9 cm³/mol. The number of amides is 2. The lowest BCUT2D eigenvalue weighted by Gasteiger charge is -2.11. The van der Waals surface area contributed by atoms with Crippen molar-refractivity contribution in [1.82, 2.24) is 5.32 Å². The van der Waals surface area contributed by atoms with E-state index < -0.39 is 6.10 Å². The van der Waals surface area contributed by atoms with Gasteiger partial charge in [-0.25, -0.2) is 4.79 Å². The zero-order chi connectivity index (χ0) is 15.1. The van der Waals surface area contributed by atoms with Gasteiger partial charge in [0.25, 0.3) is 0 Å². The molecule has 1 atom stereocenters. The Kier molecular flexibility index (Phi) is 5.59. The van der Waals surface area contributed by atoms with Crippen molar-refractivity contribution in [2.75, 3.05) is 19.0 Å². The summed E-state index contributed by atoms with van der Waals surface area (Å²) < 4.78 is 5.09. The molecule has 1 aromatic carbocycles. The molecule has 1 unspecified atom stereocenters. The second kappa shape index (κ2) is 7.66. The van der Waals surface area contributed by atoms with Gasteiger partial charge in [0.15, 0.2) is 0 Å². The molecule has 5 nitrogen and oxygen atoms in total. The van der Waals surface area contributed by atoms with Crippen LogP contribution >= 0.6 is 11.3 Å². The number of methoxy groups -OCH3 is 1. The molecule has 1 aromatic heterocycles. The summed E-state index contributed by atoms with van der Waals surface area (Å²) in [5, 5.41) is 17.3. The molecule has 3 N–H and O–H groups in total. The van der Waals surface area contributed by atoms with Gasteiger partial charge in [0.2, 0.25) is 0 Å². The van der Waals surface area contributed by atoms with Gasteiger partial charge in [-0.05, 0) is 30.0 Å². The minimum Gasteiger partial charge on any atom is -0.497 e. The number of benzene rings is 1. The molecular formula is C15H18N2O3S. The first-order valence-electron chi connectivity index (χ1n) is 6.59. The monoisotopic (exact) mass is 306 g/mol. The lowest BCUT2D eigenvalue weighted by molar-refractivity contribution is 0.171. The molecule has 0 aliphatic carbocycles. The molecule has 2 rings (SSSR count). The Morgan fingerprint density at radius 1 is 1.38 bits per heavy atom. The summed E-state index contributed by atoms with van der Waals surface area (Å²) in [6.07, 6.45) is -0.0615. The van der Waals surface area contributed by atoms with E-state index in [9.17, 15) is 9.90 Å². The van der Waals surface area contributed by atoms with Gasteiger partial charge in [-0.1, -0.05) is 12.1 Å². The Balaban J connectivity index is 1.74. The van der Waals surface area contributed by atoms with Gasteiger partial charge in [0, 0.05) is 23.2 Å². The largest absolute Gasteiger partial charge is 0.497 e. The van der Waals surface area contributed by atoms with Crippen molar-refractivity contribution in [3.05, 3.63) is 46.7 Å². The molecule has 112 valence electrons. The number of hydrogen-bond acceptors (Lipinski definition) is 4. The van der Waals surface area contributed by atoms with Crippen molar-refractivity contribution >= 4 is 23.1 Å². The number of rotatable bonds is 6. The molecule has 0 spiro atoms. The molecular weight excluding hydrogens is 288 g/mol. The maximum atomic E-state index is 11.7. The van der Waals surface area contributed by atoms with E-state index in [2.05, 4.69) is 10.6 Å². The third kappa shape index (κ3) is 4.77. The van der Waals surface area contributed by atoms with E-state index in [-0.39, 0.29) is 6.03 Å². The van der Waals surface area contributed by atoms with Gasteiger partial charge < -0.3 is 20.5 Å². The van der Waals surface area contributed by atoms with Crippen LogP contribution in [0.4, 0.5) is 10.5 Å². The number of carbonyl (C=O) groups is 1. The van der Waals surface area contributed by atoms with Crippen molar-refractivity contribution in [2.45, 2.75) is 12.5 Å². The third-order valence-corrected chi connectivity index (χ3v) is 3.88. The van der Waals surface area contributed by atoms with Crippen LogP contribution in [0.15, 0.2) is 41.8 Å². The number of carbonyl (C=O) groups excluding carboxylic acids is 1. The molecule has 21 heavy (non-hydrogen) atoms. The first-order chi connectivity index (χ1) is 10.2. The number of urea groups is 1. The van der Waals surface area contributed by atoms with E-state index in [1.807, 2.05) is 17.5 Å². The molecule has 0 bridgehead atoms. The average Bonchev–Trinajstić information content (AvgIpc) is 3.01. The van der Waals surface area contributed by atoms with Crippen LogP contribution in [0, 0.1) is 0 Å². The van der Waals surface area contributed by atoms with Crippen molar-refractivity contribution in [3.8, 4) is 5.75 Å². The van der Waals surface area contributed by atoms with Crippen LogP contribution in [0.5, 0.6) is 5.75 Å². The molecule has 0 aliphatic rings. The maximum absolute atomic E-state index is 11.7. The molecule has 6 heteroatoms. The van der Waals surface area contributed by atoms with Crippen LogP contribution in [0.2, 0.25) is 0 Å². The Labute approximate surface area is 127 Å². The number of hydrogen-bond donors (Lipinski definition) is 3. The van der Waals surface area contributed by atoms with Gasteiger partial charge in [-0.15, -0.1) is 11.3 Å². The van der Waals surface area contributed by atoms with Gasteiger partial charge in [0.1, 0.15) is 5.75 Å². The van der Waals surface area contributed by atoms with Crippen LogP contribution in [0.25, 0.3) is 0 Å². The minimum atomic E-state index is -0.540. The number of thiophene rings is 1. The lowest BCUT2D eigenvalue weighted by Crippen LogP contribution is -2.30. The van der Waals surface area contributed by atoms with Gasteiger partial charge in [0.05, 0.1) is 13.2 Å². The third-order valence-electron chi connectivity index (χ3n) is 2.90. The first kappa shape index (κ1) is 15.3. The molecule has 1 heterocycles. The Morgan fingerprint density at radius 3 is 2.95 bits per heavy atom. The number of ether oxygens (including phenoxy) is 1. The van der Waals surface area contributed by atoms with Crippen LogP contribution in [0.3, 0.4) is 0 Å².